The molecule has 0 saturated carbocycles. The van der Waals surface area contributed by atoms with E-state index in [2.05, 4.69) is 190 Å². The molecule has 0 aliphatic heterocycles. The molecule has 0 aliphatic carbocycles. The highest BCUT2D eigenvalue weighted by Crippen LogP contribution is 2.47. The van der Waals surface area contributed by atoms with Crippen LogP contribution in [-0.2, 0) is 0 Å². The first-order valence-corrected chi connectivity index (χ1v) is 18.6. The Balaban J connectivity index is 1.33. The molecule has 3 nitrogen and oxygen atoms in total. The molecule has 242 valence electrons. The quantitative estimate of drug-likeness (QED) is 0.177. The van der Waals surface area contributed by atoms with Gasteiger partial charge in [-0.3, -0.25) is 0 Å². The molecular formula is C48H29N3S. The van der Waals surface area contributed by atoms with Gasteiger partial charge in [-0.15, -0.1) is 11.3 Å². The van der Waals surface area contributed by atoms with Gasteiger partial charge in [0, 0.05) is 69.6 Å². The van der Waals surface area contributed by atoms with Crippen molar-refractivity contribution in [2.24, 2.45) is 0 Å². The molecule has 4 aromatic heterocycles. The van der Waals surface area contributed by atoms with E-state index in [0.29, 0.717) is 0 Å². The van der Waals surface area contributed by atoms with E-state index >= 15 is 0 Å². The van der Waals surface area contributed by atoms with Crippen molar-refractivity contribution in [3.63, 3.8) is 0 Å². The topological polar surface area (TPSA) is 14.8 Å². The van der Waals surface area contributed by atoms with Gasteiger partial charge in [-0.25, -0.2) is 0 Å². The molecule has 4 heteroatoms. The van der Waals surface area contributed by atoms with Gasteiger partial charge in [0.05, 0.1) is 33.1 Å². The van der Waals surface area contributed by atoms with E-state index in [9.17, 15) is 0 Å². The molecule has 0 fully saturated rings. The summed E-state index contributed by atoms with van der Waals surface area (Å²) in [7, 11) is 0. The fourth-order valence-electron chi connectivity index (χ4n) is 8.95. The molecule has 0 bridgehead atoms. The van der Waals surface area contributed by atoms with Crippen molar-refractivity contribution in [1.29, 1.82) is 0 Å². The van der Waals surface area contributed by atoms with E-state index in [1.165, 1.54) is 91.3 Å². The second kappa shape index (κ2) is 10.5. The summed E-state index contributed by atoms with van der Waals surface area (Å²) in [5.74, 6) is 0. The number of benzene rings is 8. The van der Waals surface area contributed by atoms with Crippen LogP contribution in [-0.4, -0.2) is 13.7 Å². The van der Waals surface area contributed by atoms with E-state index in [0.717, 1.165) is 11.4 Å². The van der Waals surface area contributed by atoms with Gasteiger partial charge >= 0.3 is 0 Å². The number of nitrogens with zero attached hydrogens (tertiary/aromatic N) is 3. The molecule has 12 aromatic rings. The highest BCUT2D eigenvalue weighted by Gasteiger charge is 2.24. The predicted molar refractivity (Wildman–Crippen MR) is 222 cm³/mol. The van der Waals surface area contributed by atoms with E-state index < -0.39 is 0 Å². The van der Waals surface area contributed by atoms with Gasteiger partial charge in [-0.1, -0.05) is 91.0 Å². The summed E-state index contributed by atoms with van der Waals surface area (Å²) in [5, 5.41) is 10.3. The second-order valence-electron chi connectivity index (χ2n) is 13.7. The van der Waals surface area contributed by atoms with Gasteiger partial charge < -0.3 is 13.7 Å². The molecule has 12 rings (SSSR count). The van der Waals surface area contributed by atoms with E-state index in [4.69, 9.17) is 0 Å². The minimum Gasteiger partial charge on any atom is -0.309 e. The van der Waals surface area contributed by atoms with Crippen LogP contribution in [0.1, 0.15) is 0 Å². The number of para-hydroxylation sites is 4. The molecule has 0 amide bonds. The molecule has 0 radical (unpaired) electrons. The first-order chi connectivity index (χ1) is 25.8. The van der Waals surface area contributed by atoms with Crippen LogP contribution < -0.4 is 0 Å². The summed E-state index contributed by atoms with van der Waals surface area (Å²) in [5.41, 5.74) is 10.8. The third-order valence-corrected chi connectivity index (χ3v) is 12.2. The number of hydrogen-bond donors (Lipinski definition) is 0. The third kappa shape index (κ3) is 3.69. The molecule has 0 aliphatic rings. The highest BCUT2D eigenvalue weighted by atomic mass is 32.1. The number of rotatable bonds is 3. The summed E-state index contributed by atoms with van der Waals surface area (Å²) in [4.78, 5) is 0. The lowest BCUT2D eigenvalue weighted by atomic mass is 10.0. The standard InChI is InChI=1S/C48H29N3S/c1-3-13-30(14-4-1)49-37-20-10-7-18-34(37)45-39(49)24-26-41-47(45)48-42(51(41)32-23-28-44-36(29-32)33-17-9-12-22-43(33)52-44)27-25-40-46(48)35-19-8-11-21-38(35)50(40)31-15-5-2-6-16-31/h1-29H. The summed E-state index contributed by atoms with van der Waals surface area (Å²) < 4.78 is 10.0. The zero-order valence-corrected chi connectivity index (χ0v) is 28.8. The van der Waals surface area contributed by atoms with Crippen LogP contribution in [0.3, 0.4) is 0 Å². The zero-order chi connectivity index (χ0) is 33.9. The van der Waals surface area contributed by atoms with Crippen LogP contribution in [0.2, 0.25) is 0 Å². The fraction of sp³-hybridized carbons (Fsp3) is 0. The number of hydrogen-bond acceptors (Lipinski definition) is 1. The minimum absolute atomic E-state index is 1.16. The highest BCUT2D eigenvalue weighted by molar-refractivity contribution is 7.25. The Bertz CT molecular complexity index is 3220. The molecule has 0 atom stereocenters. The Morgan fingerprint density at radius 2 is 0.692 bits per heavy atom. The summed E-state index contributed by atoms with van der Waals surface area (Å²) in [6.07, 6.45) is 0. The Hall–Kier alpha value is -6.62. The van der Waals surface area contributed by atoms with Gasteiger partial charge in [-0.2, -0.15) is 0 Å². The van der Waals surface area contributed by atoms with Crippen LogP contribution in [0, 0.1) is 0 Å². The van der Waals surface area contributed by atoms with Crippen LogP contribution in [0.25, 0.3) is 103 Å². The monoisotopic (exact) mass is 679 g/mol. The van der Waals surface area contributed by atoms with Gasteiger partial charge in [0.2, 0.25) is 0 Å². The maximum Gasteiger partial charge on any atom is 0.0549 e. The van der Waals surface area contributed by atoms with Crippen LogP contribution >= 0.6 is 11.3 Å². The Morgan fingerprint density at radius 1 is 0.269 bits per heavy atom. The summed E-state index contributed by atoms with van der Waals surface area (Å²) >= 11 is 1.87. The largest absolute Gasteiger partial charge is 0.309 e. The fourth-order valence-corrected chi connectivity index (χ4v) is 10.0. The van der Waals surface area contributed by atoms with Crippen molar-refractivity contribution < 1.29 is 0 Å². The number of fused-ring (bicyclic) bond motifs is 14. The van der Waals surface area contributed by atoms with Crippen molar-refractivity contribution in [1.82, 2.24) is 13.7 Å². The van der Waals surface area contributed by atoms with Gasteiger partial charge in [0.15, 0.2) is 0 Å². The average Bonchev–Trinajstić information content (AvgIpc) is 3.94. The zero-order valence-electron chi connectivity index (χ0n) is 28.0. The van der Waals surface area contributed by atoms with Gasteiger partial charge in [0.1, 0.15) is 0 Å². The van der Waals surface area contributed by atoms with Crippen molar-refractivity contribution in [3.8, 4) is 17.1 Å². The Kier molecular flexibility index (Phi) is 5.65. The minimum atomic E-state index is 1.16. The summed E-state index contributed by atoms with van der Waals surface area (Å²) in [6.45, 7) is 0. The van der Waals surface area contributed by atoms with Crippen LogP contribution in [0.5, 0.6) is 0 Å². The first-order valence-electron chi connectivity index (χ1n) is 17.8. The lowest BCUT2D eigenvalue weighted by molar-refractivity contribution is 1.17. The van der Waals surface area contributed by atoms with Crippen molar-refractivity contribution in [3.05, 3.63) is 176 Å². The number of aromatic nitrogens is 3. The smallest absolute Gasteiger partial charge is 0.0549 e. The molecule has 0 unspecified atom stereocenters. The lowest BCUT2D eigenvalue weighted by Crippen LogP contribution is -1.95. The molecular weight excluding hydrogens is 651 g/mol. The van der Waals surface area contributed by atoms with Crippen molar-refractivity contribution in [2.45, 2.75) is 0 Å². The van der Waals surface area contributed by atoms with Crippen LogP contribution in [0.4, 0.5) is 0 Å². The van der Waals surface area contributed by atoms with E-state index in [1.807, 2.05) is 11.3 Å². The van der Waals surface area contributed by atoms with E-state index in [1.54, 1.807) is 0 Å². The maximum absolute atomic E-state index is 2.51. The predicted octanol–water partition coefficient (Wildman–Crippen LogP) is 13.3. The number of thiophene rings is 1. The van der Waals surface area contributed by atoms with Gasteiger partial charge in [0.25, 0.3) is 0 Å². The SMILES string of the molecule is c1ccc(-n2c3ccccc3c3c4c5c6c7ccccc7n(-c7ccccc7)c6ccc5n(-c5ccc6sc7ccccc7c6c5)c4ccc32)cc1. The van der Waals surface area contributed by atoms with Crippen molar-refractivity contribution >= 4 is 96.9 Å². The molecule has 8 aromatic carbocycles. The maximum atomic E-state index is 2.51. The normalized spacial score (nSPS) is 12.2. The Labute approximate surface area is 302 Å². The Morgan fingerprint density at radius 3 is 1.25 bits per heavy atom. The molecule has 0 spiro atoms. The summed E-state index contributed by atoms with van der Waals surface area (Å²) in [6, 6.07) is 64.6. The first kappa shape index (κ1) is 28.1. The molecule has 4 heterocycles. The molecule has 0 saturated heterocycles. The average molecular weight is 680 g/mol. The van der Waals surface area contributed by atoms with Crippen LogP contribution in [0.15, 0.2) is 176 Å². The lowest BCUT2D eigenvalue weighted by Gasteiger charge is -2.10. The van der Waals surface area contributed by atoms with E-state index in [-0.39, 0.29) is 0 Å². The van der Waals surface area contributed by atoms with Crippen molar-refractivity contribution in [2.75, 3.05) is 0 Å². The third-order valence-electron chi connectivity index (χ3n) is 11.0. The second-order valence-corrected chi connectivity index (χ2v) is 14.8. The van der Waals surface area contributed by atoms with Gasteiger partial charge in [-0.05, 0) is 84.9 Å². The molecule has 52 heavy (non-hydrogen) atoms. The molecule has 0 N–H and O–H groups in total.